The molecule has 0 amide bonds. The molecule has 232 valence electrons. The fourth-order valence-electron chi connectivity index (χ4n) is 7.71. The first-order valence-corrected chi connectivity index (χ1v) is 16.8. The Hall–Kier alpha value is -6.32. The maximum Gasteiger partial charge on any atom is 0.143 e. The molecule has 49 heavy (non-hydrogen) atoms. The van der Waals surface area contributed by atoms with E-state index in [9.17, 15) is 0 Å². The number of hydrogen-bond acceptors (Lipinski definition) is 3. The van der Waals surface area contributed by atoms with Crippen LogP contribution in [-0.4, -0.2) is 6.04 Å². The number of benzene rings is 7. The maximum absolute atomic E-state index is 6.46. The van der Waals surface area contributed by atoms with Gasteiger partial charge in [-0.3, -0.25) is 0 Å². The molecule has 0 bridgehead atoms. The van der Waals surface area contributed by atoms with E-state index in [4.69, 9.17) is 8.83 Å². The van der Waals surface area contributed by atoms with Crippen LogP contribution in [0.4, 0.5) is 5.69 Å². The second-order valence-electron chi connectivity index (χ2n) is 12.9. The highest BCUT2D eigenvalue weighted by Crippen LogP contribution is 2.41. The van der Waals surface area contributed by atoms with Gasteiger partial charge in [-0.05, 0) is 51.7 Å². The molecule has 2 aromatic heterocycles. The second-order valence-corrected chi connectivity index (χ2v) is 12.9. The molecule has 1 aliphatic carbocycles. The van der Waals surface area contributed by atoms with Gasteiger partial charge in [0.1, 0.15) is 22.3 Å². The van der Waals surface area contributed by atoms with Crippen molar-refractivity contribution in [2.24, 2.45) is 0 Å². The molecule has 7 aromatic carbocycles. The van der Waals surface area contributed by atoms with E-state index in [1.807, 2.05) is 24.3 Å². The SMILES string of the molecule is C1=CC(Nc2ccc(-c3cccc4c3oc3ccccc34)cc2)C(c2cccc3ccccc23)C=C1c1cccc2c1oc1ccccc12. The highest BCUT2D eigenvalue weighted by molar-refractivity contribution is 6.10. The van der Waals surface area contributed by atoms with Gasteiger partial charge in [0.25, 0.3) is 0 Å². The predicted octanol–water partition coefficient (Wildman–Crippen LogP) is 12.5. The van der Waals surface area contributed by atoms with Gasteiger partial charge in [0.15, 0.2) is 0 Å². The zero-order valence-electron chi connectivity index (χ0n) is 26.6. The smallest absolute Gasteiger partial charge is 0.143 e. The van der Waals surface area contributed by atoms with E-state index in [1.165, 1.54) is 16.3 Å². The average Bonchev–Trinajstić information content (AvgIpc) is 3.74. The topological polar surface area (TPSA) is 38.3 Å². The van der Waals surface area contributed by atoms with Gasteiger partial charge >= 0.3 is 0 Å². The number of anilines is 1. The lowest BCUT2D eigenvalue weighted by molar-refractivity contribution is 0.667. The number of nitrogens with one attached hydrogen (secondary N) is 1. The molecule has 0 spiro atoms. The van der Waals surface area contributed by atoms with Crippen LogP contribution in [0.1, 0.15) is 17.0 Å². The Kier molecular flexibility index (Phi) is 6.31. The summed E-state index contributed by atoms with van der Waals surface area (Å²) in [6.07, 6.45) is 6.97. The molecule has 1 aliphatic rings. The van der Waals surface area contributed by atoms with Crippen molar-refractivity contribution in [1.82, 2.24) is 0 Å². The molecule has 9 aromatic rings. The third-order valence-electron chi connectivity index (χ3n) is 10.1. The molecule has 0 radical (unpaired) electrons. The lowest BCUT2D eigenvalue weighted by Crippen LogP contribution is -2.26. The molecule has 0 fully saturated rings. The van der Waals surface area contributed by atoms with E-state index < -0.39 is 0 Å². The quantitative estimate of drug-likeness (QED) is 0.206. The van der Waals surface area contributed by atoms with Crippen molar-refractivity contribution < 1.29 is 8.83 Å². The minimum Gasteiger partial charge on any atom is -0.455 e. The molecule has 2 heterocycles. The van der Waals surface area contributed by atoms with Gasteiger partial charge in [0, 0.05) is 44.3 Å². The molecule has 0 aliphatic heterocycles. The highest BCUT2D eigenvalue weighted by atomic mass is 16.3. The van der Waals surface area contributed by atoms with Crippen molar-refractivity contribution in [3.63, 3.8) is 0 Å². The molecule has 10 rings (SSSR count). The van der Waals surface area contributed by atoms with Crippen molar-refractivity contribution >= 4 is 65.9 Å². The fourth-order valence-corrected chi connectivity index (χ4v) is 7.71. The number of hydrogen-bond donors (Lipinski definition) is 1. The number of allylic oxidation sites excluding steroid dienone is 2. The first-order valence-electron chi connectivity index (χ1n) is 16.8. The minimum atomic E-state index is 0.0362. The van der Waals surface area contributed by atoms with E-state index in [0.29, 0.717) is 0 Å². The van der Waals surface area contributed by atoms with Crippen LogP contribution in [0.5, 0.6) is 0 Å². The van der Waals surface area contributed by atoms with Gasteiger partial charge in [-0.15, -0.1) is 0 Å². The van der Waals surface area contributed by atoms with E-state index >= 15 is 0 Å². The Morgan fingerprint density at radius 1 is 0.469 bits per heavy atom. The second kappa shape index (κ2) is 11.1. The van der Waals surface area contributed by atoms with E-state index in [-0.39, 0.29) is 12.0 Å². The largest absolute Gasteiger partial charge is 0.455 e. The molecule has 0 saturated heterocycles. The van der Waals surface area contributed by atoms with Crippen LogP contribution in [0.15, 0.2) is 179 Å². The Morgan fingerprint density at radius 3 is 1.78 bits per heavy atom. The van der Waals surface area contributed by atoms with Gasteiger partial charge < -0.3 is 14.2 Å². The van der Waals surface area contributed by atoms with Crippen molar-refractivity contribution in [2.45, 2.75) is 12.0 Å². The van der Waals surface area contributed by atoms with Crippen LogP contribution in [0.2, 0.25) is 0 Å². The number of rotatable bonds is 5. The molecular weight excluding hydrogens is 599 g/mol. The third-order valence-corrected chi connectivity index (χ3v) is 10.1. The lowest BCUT2D eigenvalue weighted by atomic mass is 9.81. The summed E-state index contributed by atoms with van der Waals surface area (Å²) in [6, 6.07) is 53.5. The van der Waals surface area contributed by atoms with Crippen LogP contribution in [0.25, 0.3) is 71.3 Å². The van der Waals surface area contributed by atoms with Gasteiger partial charge in [0.05, 0.1) is 6.04 Å². The fraction of sp³-hybridized carbons (Fsp3) is 0.0435. The Balaban J connectivity index is 1.04. The van der Waals surface area contributed by atoms with Gasteiger partial charge in [-0.1, -0.05) is 146 Å². The predicted molar refractivity (Wildman–Crippen MR) is 204 cm³/mol. The number of para-hydroxylation sites is 4. The third kappa shape index (κ3) is 4.58. The molecule has 2 atom stereocenters. The summed E-state index contributed by atoms with van der Waals surface area (Å²) in [5.41, 5.74) is 10.5. The van der Waals surface area contributed by atoms with Crippen molar-refractivity contribution in [3.8, 4) is 11.1 Å². The zero-order valence-corrected chi connectivity index (χ0v) is 26.6. The van der Waals surface area contributed by atoms with Gasteiger partial charge in [-0.25, -0.2) is 0 Å². The maximum atomic E-state index is 6.46. The van der Waals surface area contributed by atoms with E-state index in [0.717, 1.165) is 71.8 Å². The van der Waals surface area contributed by atoms with E-state index in [2.05, 4.69) is 151 Å². The summed E-state index contributed by atoms with van der Waals surface area (Å²) in [5, 5.41) is 11.0. The summed E-state index contributed by atoms with van der Waals surface area (Å²) >= 11 is 0. The zero-order chi connectivity index (χ0) is 32.3. The summed E-state index contributed by atoms with van der Waals surface area (Å²) < 4.78 is 12.8. The minimum absolute atomic E-state index is 0.0362. The molecule has 3 heteroatoms. The van der Waals surface area contributed by atoms with Crippen LogP contribution in [0, 0.1) is 0 Å². The molecule has 2 unspecified atom stereocenters. The standard InChI is InChI=1S/C46H31NO2/c1-2-12-33-29(10-1)11-7-17-36(33)41-28-31(35-16-9-19-40-38-14-4-6-21-44(38)49-46(35)40)24-27-42(41)47-32-25-22-30(23-26-32)34-15-8-18-39-37-13-3-5-20-43(37)48-45(34)39/h1-28,41-42,47H. The van der Waals surface area contributed by atoms with Crippen LogP contribution in [-0.2, 0) is 0 Å². The molecular formula is C46H31NO2. The first kappa shape index (κ1) is 27.8. The Labute approximate surface area is 283 Å². The van der Waals surface area contributed by atoms with Crippen molar-refractivity contribution in [1.29, 1.82) is 0 Å². The average molecular weight is 630 g/mol. The number of furan rings is 2. The Bertz CT molecular complexity index is 2750. The summed E-state index contributed by atoms with van der Waals surface area (Å²) in [4.78, 5) is 0. The molecule has 3 nitrogen and oxygen atoms in total. The summed E-state index contributed by atoms with van der Waals surface area (Å²) in [6.45, 7) is 0. The van der Waals surface area contributed by atoms with Crippen LogP contribution in [0.3, 0.4) is 0 Å². The summed E-state index contributed by atoms with van der Waals surface area (Å²) in [5.74, 6) is 0.0784. The first-order chi connectivity index (χ1) is 24.3. The van der Waals surface area contributed by atoms with Crippen molar-refractivity contribution in [3.05, 3.63) is 181 Å². The number of fused-ring (bicyclic) bond motifs is 7. The highest BCUT2D eigenvalue weighted by Gasteiger charge is 2.26. The van der Waals surface area contributed by atoms with Gasteiger partial charge in [0.2, 0.25) is 0 Å². The Morgan fingerprint density at radius 2 is 1.04 bits per heavy atom. The monoisotopic (exact) mass is 629 g/mol. The van der Waals surface area contributed by atoms with Crippen LogP contribution >= 0.6 is 0 Å². The van der Waals surface area contributed by atoms with E-state index in [1.54, 1.807) is 0 Å². The van der Waals surface area contributed by atoms with Gasteiger partial charge in [-0.2, -0.15) is 0 Å². The lowest BCUT2D eigenvalue weighted by Gasteiger charge is -2.29. The molecule has 1 N–H and O–H groups in total. The normalized spacial score (nSPS) is 16.2. The summed E-state index contributed by atoms with van der Waals surface area (Å²) in [7, 11) is 0. The van der Waals surface area contributed by atoms with Crippen molar-refractivity contribution in [2.75, 3.05) is 5.32 Å². The van der Waals surface area contributed by atoms with Crippen LogP contribution < -0.4 is 5.32 Å². The molecule has 0 saturated carbocycles.